The van der Waals surface area contributed by atoms with Crippen LogP contribution in [0.3, 0.4) is 0 Å². The van der Waals surface area contributed by atoms with Crippen molar-refractivity contribution in [2.75, 3.05) is 6.61 Å². The first-order valence-corrected chi connectivity index (χ1v) is 5.41. The van der Waals surface area contributed by atoms with Crippen molar-refractivity contribution in [3.8, 4) is 5.75 Å². The van der Waals surface area contributed by atoms with Crippen LogP contribution in [0.5, 0.6) is 5.75 Å². The van der Waals surface area contributed by atoms with Crippen molar-refractivity contribution in [3.05, 3.63) is 29.3 Å². The summed E-state index contributed by atoms with van der Waals surface area (Å²) in [7, 11) is 0. The van der Waals surface area contributed by atoms with Gasteiger partial charge in [0.1, 0.15) is 12.4 Å². The van der Waals surface area contributed by atoms with Gasteiger partial charge in [-0.2, -0.15) is 0 Å². The van der Waals surface area contributed by atoms with Gasteiger partial charge in [-0.15, -0.1) is 0 Å². The van der Waals surface area contributed by atoms with E-state index in [0.717, 1.165) is 5.75 Å². The van der Waals surface area contributed by atoms with Crippen LogP contribution in [0.1, 0.15) is 20.8 Å². The molecule has 2 N–H and O–H groups in total. The van der Waals surface area contributed by atoms with Crippen LogP contribution in [0, 0.1) is 5.41 Å². The number of rotatable bonds is 3. The fourth-order valence-corrected chi connectivity index (χ4v) is 1.17. The molecular weight excluding hydrogens is 210 g/mol. The molecule has 0 aromatic heterocycles. The number of ether oxygens (including phenoxy) is 1. The van der Waals surface area contributed by atoms with Gasteiger partial charge in [0.2, 0.25) is 0 Å². The van der Waals surface area contributed by atoms with Gasteiger partial charge in [0, 0.05) is 11.1 Å². The zero-order valence-corrected chi connectivity index (χ0v) is 10.2. The molecule has 0 aliphatic rings. The predicted octanol–water partition coefficient (Wildman–Crippen LogP) is 3.09. The molecule has 0 saturated heterocycles. The fraction of sp³-hybridized carbons (Fsp3) is 0.500. The molecule has 0 amide bonds. The fourth-order valence-electron chi connectivity index (χ4n) is 0.993. The highest BCUT2D eigenvalue weighted by atomic mass is 35.5. The highest BCUT2D eigenvalue weighted by molar-refractivity contribution is 6.30. The van der Waals surface area contributed by atoms with Gasteiger partial charge in [-0.25, -0.2) is 0 Å². The van der Waals surface area contributed by atoms with Gasteiger partial charge >= 0.3 is 0 Å². The SMILES string of the molecule is CC(C)(C)C(N)COc1cccc(Cl)c1. The van der Waals surface area contributed by atoms with Crippen molar-refractivity contribution in [1.82, 2.24) is 0 Å². The van der Waals surface area contributed by atoms with Gasteiger partial charge < -0.3 is 10.5 Å². The Kier molecular flexibility index (Phi) is 4.00. The first kappa shape index (κ1) is 12.3. The summed E-state index contributed by atoms with van der Waals surface area (Å²) in [6, 6.07) is 7.35. The third-order valence-electron chi connectivity index (χ3n) is 2.34. The highest BCUT2D eigenvalue weighted by Gasteiger charge is 2.20. The van der Waals surface area contributed by atoms with E-state index in [9.17, 15) is 0 Å². The third kappa shape index (κ3) is 4.10. The van der Waals surface area contributed by atoms with Gasteiger partial charge in [-0.3, -0.25) is 0 Å². The van der Waals surface area contributed by atoms with Crippen molar-refractivity contribution >= 4 is 11.6 Å². The van der Waals surface area contributed by atoms with E-state index in [2.05, 4.69) is 20.8 Å². The summed E-state index contributed by atoms with van der Waals surface area (Å²) in [6.45, 7) is 6.79. The molecule has 0 radical (unpaired) electrons. The molecule has 1 aromatic rings. The molecule has 0 spiro atoms. The Morgan fingerprint density at radius 1 is 1.40 bits per heavy atom. The van der Waals surface area contributed by atoms with Crippen molar-refractivity contribution < 1.29 is 4.74 Å². The quantitative estimate of drug-likeness (QED) is 0.862. The second-order valence-electron chi connectivity index (χ2n) is 4.74. The van der Waals surface area contributed by atoms with Crippen molar-refractivity contribution in [2.24, 2.45) is 11.1 Å². The Labute approximate surface area is 96.4 Å². The Morgan fingerprint density at radius 3 is 2.60 bits per heavy atom. The first-order chi connectivity index (χ1) is 6.89. The molecule has 1 atom stereocenters. The normalized spacial score (nSPS) is 13.7. The number of nitrogens with two attached hydrogens (primary N) is 1. The van der Waals surface area contributed by atoms with Crippen LogP contribution >= 0.6 is 11.6 Å². The van der Waals surface area contributed by atoms with E-state index < -0.39 is 0 Å². The lowest BCUT2D eigenvalue weighted by molar-refractivity contribution is 0.205. The maximum absolute atomic E-state index is 5.98. The van der Waals surface area contributed by atoms with Crippen molar-refractivity contribution in [2.45, 2.75) is 26.8 Å². The Morgan fingerprint density at radius 2 is 2.07 bits per heavy atom. The molecule has 2 nitrogen and oxygen atoms in total. The minimum atomic E-state index is 0.0106. The van der Waals surface area contributed by atoms with Crippen LogP contribution in [0.4, 0.5) is 0 Å². The number of hydrogen-bond acceptors (Lipinski definition) is 2. The van der Waals surface area contributed by atoms with E-state index in [1.807, 2.05) is 18.2 Å². The largest absolute Gasteiger partial charge is 0.492 e. The van der Waals surface area contributed by atoms with Crippen LogP contribution in [0.15, 0.2) is 24.3 Å². The highest BCUT2D eigenvalue weighted by Crippen LogP contribution is 2.20. The van der Waals surface area contributed by atoms with Crippen LogP contribution in [0.2, 0.25) is 5.02 Å². The molecule has 0 heterocycles. The number of hydrogen-bond donors (Lipinski definition) is 1. The van der Waals surface area contributed by atoms with E-state index in [0.29, 0.717) is 11.6 Å². The Bertz CT molecular complexity index is 320. The molecule has 1 aromatic carbocycles. The molecule has 3 heteroatoms. The maximum Gasteiger partial charge on any atom is 0.120 e. The number of halogens is 1. The lowest BCUT2D eigenvalue weighted by Gasteiger charge is -2.26. The van der Waals surface area contributed by atoms with Crippen molar-refractivity contribution in [1.29, 1.82) is 0 Å². The van der Waals surface area contributed by atoms with E-state index in [1.165, 1.54) is 0 Å². The van der Waals surface area contributed by atoms with Crippen LogP contribution < -0.4 is 10.5 Å². The monoisotopic (exact) mass is 227 g/mol. The first-order valence-electron chi connectivity index (χ1n) is 5.03. The summed E-state index contributed by atoms with van der Waals surface area (Å²) in [6.07, 6.45) is 0. The lowest BCUT2D eigenvalue weighted by Crippen LogP contribution is -2.40. The average Bonchev–Trinajstić information content (AvgIpc) is 2.12. The summed E-state index contributed by atoms with van der Waals surface area (Å²) in [4.78, 5) is 0. The summed E-state index contributed by atoms with van der Waals surface area (Å²) in [5.41, 5.74) is 6.03. The molecule has 0 aliphatic heterocycles. The molecular formula is C12H18ClNO. The number of benzene rings is 1. The minimum Gasteiger partial charge on any atom is -0.492 e. The molecule has 0 aliphatic carbocycles. The van der Waals surface area contributed by atoms with E-state index in [1.54, 1.807) is 6.07 Å². The second kappa shape index (κ2) is 4.86. The molecule has 1 rings (SSSR count). The van der Waals surface area contributed by atoms with E-state index >= 15 is 0 Å². The predicted molar refractivity (Wildman–Crippen MR) is 64.4 cm³/mol. The van der Waals surface area contributed by atoms with Crippen LogP contribution in [-0.4, -0.2) is 12.6 Å². The summed E-state index contributed by atoms with van der Waals surface area (Å²) in [5, 5.41) is 0.678. The zero-order chi connectivity index (χ0) is 11.5. The van der Waals surface area contributed by atoms with Gasteiger partial charge in [0.05, 0.1) is 0 Å². The Balaban J connectivity index is 2.51. The van der Waals surface area contributed by atoms with Crippen LogP contribution in [0.25, 0.3) is 0 Å². The van der Waals surface area contributed by atoms with Gasteiger partial charge in [-0.1, -0.05) is 38.4 Å². The standard InChI is InChI=1S/C12H18ClNO/c1-12(2,3)11(14)8-15-10-6-4-5-9(13)7-10/h4-7,11H,8,14H2,1-3H3. The van der Waals surface area contributed by atoms with Gasteiger partial charge in [-0.05, 0) is 23.6 Å². The van der Waals surface area contributed by atoms with Crippen molar-refractivity contribution in [3.63, 3.8) is 0 Å². The summed E-state index contributed by atoms with van der Waals surface area (Å²) >= 11 is 5.84. The average molecular weight is 228 g/mol. The van der Waals surface area contributed by atoms with Gasteiger partial charge in [0.15, 0.2) is 0 Å². The molecule has 15 heavy (non-hydrogen) atoms. The Hall–Kier alpha value is -0.730. The molecule has 0 bridgehead atoms. The topological polar surface area (TPSA) is 35.2 Å². The maximum atomic E-state index is 5.98. The summed E-state index contributed by atoms with van der Waals surface area (Å²) in [5.74, 6) is 0.766. The third-order valence-corrected chi connectivity index (χ3v) is 2.57. The van der Waals surface area contributed by atoms with Crippen LogP contribution in [-0.2, 0) is 0 Å². The van der Waals surface area contributed by atoms with E-state index in [4.69, 9.17) is 22.1 Å². The smallest absolute Gasteiger partial charge is 0.120 e. The van der Waals surface area contributed by atoms with E-state index in [-0.39, 0.29) is 11.5 Å². The van der Waals surface area contributed by atoms with Gasteiger partial charge in [0.25, 0.3) is 0 Å². The second-order valence-corrected chi connectivity index (χ2v) is 5.18. The zero-order valence-electron chi connectivity index (χ0n) is 9.46. The lowest BCUT2D eigenvalue weighted by atomic mass is 9.88. The molecule has 1 unspecified atom stereocenters. The molecule has 84 valence electrons. The minimum absolute atomic E-state index is 0.0106. The summed E-state index contributed by atoms with van der Waals surface area (Å²) < 4.78 is 5.57. The molecule has 0 saturated carbocycles. The molecule has 0 fully saturated rings.